The van der Waals surface area contributed by atoms with Crippen molar-refractivity contribution in [1.82, 2.24) is 15.1 Å². The molecular formula is C17H27N3O2. The number of phenolic OH excluding ortho intramolecular Hbond substituents is 1. The van der Waals surface area contributed by atoms with Gasteiger partial charge >= 0.3 is 0 Å². The summed E-state index contributed by atoms with van der Waals surface area (Å²) in [6.45, 7) is 9.11. The van der Waals surface area contributed by atoms with Crippen LogP contribution in [0.4, 0.5) is 0 Å². The number of carbonyl (C=O) groups excluding carboxylic acids is 1. The molecule has 22 heavy (non-hydrogen) atoms. The standard InChI is InChI=1S/C17H27N3O2/c1-17(2)13-20(11-10-19(17)3)9-8-18-16(22)12-14-6-4-5-7-15(14)21/h4-7,21H,8-13H2,1-3H3,(H,18,22). The van der Waals surface area contributed by atoms with E-state index in [-0.39, 0.29) is 23.6 Å². The van der Waals surface area contributed by atoms with Crippen molar-refractivity contribution in [3.05, 3.63) is 29.8 Å². The number of piperazine rings is 1. The SMILES string of the molecule is CN1CCN(CCNC(=O)Cc2ccccc2O)CC1(C)C. The number of hydrogen-bond donors (Lipinski definition) is 2. The molecule has 1 aliphatic rings. The molecule has 5 nitrogen and oxygen atoms in total. The lowest BCUT2D eigenvalue weighted by Gasteiger charge is -2.45. The summed E-state index contributed by atoms with van der Waals surface area (Å²) < 4.78 is 0. The molecule has 1 aromatic carbocycles. The Morgan fingerprint density at radius 1 is 1.32 bits per heavy atom. The first-order valence-electron chi connectivity index (χ1n) is 7.86. The maximum absolute atomic E-state index is 11.9. The van der Waals surface area contributed by atoms with Gasteiger partial charge in [0.2, 0.25) is 5.91 Å². The lowest BCUT2D eigenvalue weighted by atomic mass is 10.00. The van der Waals surface area contributed by atoms with Gasteiger partial charge in [-0.25, -0.2) is 0 Å². The third-order valence-corrected chi connectivity index (χ3v) is 4.49. The fourth-order valence-electron chi connectivity index (χ4n) is 2.78. The largest absolute Gasteiger partial charge is 0.508 e. The Labute approximate surface area is 132 Å². The lowest BCUT2D eigenvalue weighted by molar-refractivity contribution is -0.120. The molecule has 2 rings (SSSR count). The Balaban J connectivity index is 1.73. The zero-order valence-electron chi connectivity index (χ0n) is 13.8. The van der Waals surface area contributed by atoms with Crippen LogP contribution >= 0.6 is 0 Å². The molecule has 1 aliphatic heterocycles. The number of hydrogen-bond acceptors (Lipinski definition) is 4. The van der Waals surface area contributed by atoms with E-state index in [2.05, 4.69) is 36.0 Å². The molecule has 2 N–H and O–H groups in total. The molecule has 1 aromatic rings. The number of rotatable bonds is 5. The second kappa shape index (κ2) is 7.11. The van der Waals surface area contributed by atoms with Crippen molar-refractivity contribution < 1.29 is 9.90 Å². The number of benzene rings is 1. The Hall–Kier alpha value is -1.59. The Kier molecular flexibility index (Phi) is 5.42. The van der Waals surface area contributed by atoms with Gasteiger partial charge in [-0.05, 0) is 27.0 Å². The van der Waals surface area contributed by atoms with Gasteiger partial charge in [0.1, 0.15) is 5.75 Å². The van der Waals surface area contributed by atoms with Crippen LogP contribution in [0.3, 0.4) is 0 Å². The van der Waals surface area contributed by atoms with E-state index in [4.69, 9.17) is 0 Å². The van der Waals surface area contributed by atoms with Crippen molar-refractivity contribution in [2.75, 3.05) is 39.8 Å². The molecule has 1 amide bonds. The molecule has 5 heteroatoms. The molecule has 0 aromatic heterocycles. The molecule has 122 valence electrons. The van der Waals surface area contributed by atoms with Crippen LogP contribution in [0.5, 0.6) is 5.75 Å². The number of carbonyl (C=O) groups is 1. The average molecular weight is 305 g/mol. The van der Waals surface area contributed by atoms with Crippen molar-refractivity contribution in [1.29, 1.82) is 0 Å². The molecule has 0 saturated carbocycles. The topological polar surface area (TPSA) is 55.8 Å². The summed E-state index contributed by atoms with van der Waals surface area (Å²) >= 11 is 0. The number of nitrogens with one attached hydrogen (secondary N) is 1. The lowest BCUT2D eigenvalue weighted by Crippen LogP contribution is -2.58. The summed E-state index contributed by atoms with van der Waals surface area (Å²) in [5, 5.41) is 12.6. The molecule has 1 fully saturated rings. The first-order chi connectivity index (χ1) is 10.4. The fourth-order valence-corrected chi connectivity index (χ4v) is 2.78. The van der Waals surface area contributed by atoms with Crippen LogP contribution in [0, 0.1) is 0 Å². The predicted molar refractivity (Wildman–Crippen MR) is 88.0 cm³/mol. The van der Waals surface area contributed by atoms with Crippen LogP contribution in [0.15, 0.2) is 24.3 Å². The van der Waals surface area contributed by atoms with Gasteiger partial charge in [0.15, 0.2) is 0 Å². The van der Waals surface area contributed by atoms with Crippen LogP contribution in [-0.2, 0) is 11.2 Å². The molecule has 0 spiro atoms. The molecular weight excluding hydrogens is 278 g/mol. The van der Waals surface area contributed by atoms with Gasteiger partial charge in [-0.1, -0.05) is 18.2 Å². The molecule has 0 aliphatic carbocycles. The molecule has 0 atom stereocenters. The van der Waals surface area contributed by atoms with E-state index in [0.717, 1.165) is 26.2 Å². The zero-order valence-corrected chi connectivity index (χ0v) is 13.8. The van der Waals surface area contributed by atoms with E-state index >= 15 is 0 Å². The Bertz CT molecular complexity index is 516. The Morgan fingerprint density at radius 2 is 2.05 bits per heavy atom. The average Bonchev–Trinajstić information content (AvgIpc) is 2.45. The van der Waals surface area contributed by atoms with Crippen LogP contribution in [0.1, 0.15) is 19.4 Å². The van der Waals surface area contributed by atoms with Crippen LogP contribution in [0.25, 0.3) is 0 Å². The second-order valence-corrected chi connectivity index (χ2v) is 6.67. The smallest absolute Gasteiger partial charge is 0.224 e. The number of aromatic hydroxyl groups is 1. The van der Waals surface area contributed by atoms with Gasteiger partial charge in [-0.15, -0.1) is 0 Å². The van der Waals surface area contributed by atoms with Gasteiger partial charge in [-0.3, -0.25) is 14.6 Å². The highest BCUT2D eigenvalue weighted by atomic mass is 16.3. The molecule has 1 heterocycles. The number of likely N-dealkylation sites (N-methyl/N-ethyl adjacent to an activating group) is 1. The van der Waals surface area contributed by atoms with Crippen molar-refractivity contribution in [3.8, 4) is 5.75 Å². The highest BCUT2D eigenvalue weighted by Gasteiger charge is 2.30. The van der Waals surface area contributed by atoms with Crippen LogP contribution in [-0.4, -0.2) is 66.1 Å². The van der Waals surface area contributed by atoms with E-state index in [0.29, 0.717) is 12.1 Å². The third-order valence-electron chi connectivity index (χ3n) is 4.49. The minimum absolute atomic E-state index is 0.0464. The monoisotopic (exact) mass is 305 g/mol. The number of nitrogens with zero attached hydrogens (tertiary/aromatic N) is 2. The van der Waals surface area contributed by atoms with Crippen molar-refractivity contribution in [2.45, 2.75) is 25.8 Å². The Morgan fingerprint density at radius 3 is 2.73 bits per heavy atom. The normalized spacial score (nSPS) is 19.0. The second-order valence-electron chi connectivity index (χ2n) is 6.67. The summed E-state index contributed by atoms with van der Waals surface area (Å²) in [7, 11) is 2.16. The highest BCUT2D eigenvalue weighted by molar-refractivity contribution is 5.79. The minimum atomic E-state index is -0.0464. The van der Waals surface area contributed by atoms with E-state index < -0.39 is 0 Å². The minimum Gasteiger partial charge on any atom is -0.508 e. The van der Waals surface area contributed by atoms with E-state index in [9.17, 15) is 9.90 Å². The molecule has 1 saturated heterocycles. The van der Waals surface area contributed by atoms with E-state index in [1.165, 1.54) is 0 Å². The number of phenols is 1. The maximum Gasteiger partial charge on any atom is 0.224 e. The molecule has 0 bridgehead atoms. The highest BCUT2D eigenvalue weighted by Crippen LogP contribution is 2.18. The maximum atomic E-state index is 11.9. The van der Waals surface area contributed by atoms with Gasteiger partial charge in [0, 0.05) is 43.8 Å². The summed E-state index contributed by atoms with van der Waals surface area (Å²) in [5.41, 5.74) is 0.846. The van der Waals surface area contributed by atoms with E-state index in [1.54, 1.807) is 18.2 Å². The number of para-hydroxylation sites is 1. The van der Waals surface area contributed by atoms with E-state index in [1.807, 2.05) is 6.07 Å². The summed E-state index contributed by atoms with van der Waals surface area (Å²) in [5.74, 6) is 0.133. The fraction of sp³-hybridized carbons (Fsp3) is 0.588. The summed E-state index contributed by atoms with van der Waals surface area (Å²) in [4.78, 5) is 16.7. The van der Waals surface area contributed by atoms with Gasteiger partial charge in [-0.2, -0.15) is 0 Å². The number of amides is 1. The zero-order chi connectivity index (χ0) is 16.2. The van der Waals surface area contributed by atoms with Gasteiger partial charge in [0.25, 0.3) is 0 Å². The quantitative estimate of drug-likeness (QED) is 0.855. The summed E-state index contributed by atoms with van der Waals surface area (Å²) in [6.07, 6.45) is 0.223. The van der Waals surface area contributed by atoms with Gasteiger partial charge in [0.05, 0.1) is 6.42 Å². The first-order valence-corrected chi connectivity index (χ1v) is 7.86. The third kappa shape index (κ3) is 4.45. The first kappa shape index (κ1) is 16.8. The predicted octanol–water partition coefficient (Wildman–Crippen LogP) is 1.08. The van der Waals surface area contributed by atoms with Crippen molar-refractivity contribution >= 4 is 5.91 Å². The van der Waals surface area contributed by atoms with Crippen LogP contribution < -0.4 is 5.32 Å². The van der Waals surface area contributed by atoms with Crippen LogP contribution in [0.2, 0.25) is 0 Å². The molecule has 0 unspecified atom stereocenters. The van der Waals surface area contributed by atoms with Crippen molar-refractivity contribution in [3.63, 3.8) is 0 Å². The van der Waals surface area contributed by atoms with Crippen molar-refractivity contribution in [2.24, 2.45) is 0 Å². The van der Waals surface area contributed by atoms with Gasteiger partial charge < -0.3 is 10.4 Å². The molecule has 0 radical (unpaired) electrons. The summed E-state index contributed by atoms with van der Waals surface area (Å²) in [6, 6.07) is 6.97.